The van der Waals surface area contributed by atoms with Gasteiger partial charge in [-0.2, -0.15) is 0 Å². The van der Waals surface area contributed by atoms with Crippen LogP contribution in [0.4, 0.5) is 8.78 Å². The Bertz CT molecular complexity index is 620. The van der Waals surface area contributed by atoms with Gasteiger partial charge in [0, 0.05) is 12.3 Å². The minimum atomic E-state index is -0.908. The van der Waals surface area contributed by atoms with Gasteiger partial charge in [-0.15, -0.1) is 0 Å². The zero-order valence-corrected chi connectivity index (χ0v) is 9.76. The smallest absolute Gasteiger partial charge is 0.345 e. The molecule has 0 atom stereocenters. The molecule has 1 heterocycles. The summed E-state index contributed by atoms with van der Waals surface area (Å²) < 4.78 is 35.8. The van der Waals surface area contributed by atoms with Crippen molar-refractivity contribution in [2.45, 2.75) is 0 Å². The first-order valence-electron chi connectivity index (χ1n) is 5.13. The van der Waals surface area contributed by atoms with Gasteiger partial charge in [-0.05, 0) is 12.1 Å². The molecule has 0 spiro atoms. The first-order chi connectivity index (χ1) is 9.11. The number of rotatable bonds is 3. The van der Waals surface area contributed by atoms with Crippen molar-refractivity contribution in [2.24, 2.45) is 0 Å². The topological polar surface area (TPSA) is 61.3 Å². The summed E-state index contributed by atoms with van der Waals surface area (Å²) in [6, 6.07) is 2.78. The third kappa shape index (κ3) is 2.82. The molecule has 0 radical (unpaired) electrons. The molecule has 0 aliphatic carbocycles. The monoisotopic (exact) mass is 266 g/mol. The van der Waals surface area contributed by atoms with Crippen molar-refractivity contribution < 1.29 is 23.0 Å². The molecule has 19 heavy (non-hydrogen) atoms. The summed E-state index contributed by atoms with van der Waals surface area (Å²) in [5.41, 5.74) is -0.0614. The highest BCUT2D eigenvalue weighted by Gasteiger charge is 2.17. The predicted octanol–water partition coefficient (Wildman–Crippen LogP) is 2.33. The fraction of sp³-hybridized carbons (Fsp3) is 0.0833. The van der Waals surface area contributed by atoms with Gasteiger partial charge in [0.25, 0.3) is 0 Å². The van der Waals surface area contributed by atoms with Gasteiger partial charge in [-0.25, -0.2) is 23.5 Å². The molecule has 0 amide bonds. The van der Waals surface area contributed by atoms with E-state index in [1.165, 1.54) is 13.3 Å². The van der Waals surface area contributed by atoms with E-state index in [1.807, 2.05) is 0 Å². The van der Waals surface area contributed by atoms with Gasteiger partial charge in [0.05, 0.1) is 7.11 Å². The minimum absolute atomic E-state index is 0.0614. The van der Waals surface area contributed by atoms with E-state index in [1.54, 1.807) is 0 Å². The summed E-state index contributed by atoms with van der Waals surface area (Å²) in [5, 5.41) is 0. The molecular weight excluding hydrogens is 258 g/mol. The highest BCUT2D eigenvalue weighted by molar-refractivity contribution is 5.91. The lowest BCUT2D eigenvalue weighted by Gasteiger charge is -2.08. The molecule has 98 valence electrons. The summed E-state index contributed by atoms with van der Waals surface area (Å²) in [7, 11) is 1.18. The molecule has 0 fully saturated rings. The van der Waals surface area contributed by atoms with Gasteiger partial charge in [-0.3, -0.25) is 0 Å². The number of nitrogens with zero attached hydrogens (tertiary/aromatic N) is 2. The van der Waals surface area contributed by atoms with Crippen LogP contribution in [0.25, 0.3) is 0 Å². The summed E-state index contributed by atoms with van der Waals surface area (Å²) in [5.74, 6) is -2.80. The lowest BCUT2D eigenvalue weighted by molar-refractivity contribution is 0.0596. The molecule has 2 rings (SSSR count). The van der Waals surface area contributed by atoms with E-state index in [0.29, 0.717) is 6.07 Å². The Balaban J connectivity index is 2.35. The second-order valence-electron chi connectivity index (χ2n) is 3.41. The molecule has 2 aromatic rings. The van der Waals surface area contributed by atoms with Crippen molar-refractivity contribution in [3.63, 3.8) is 0 Å². The third-order valence-electron chi connectivity index (χ3n) is 2.18. The molecule has 0 bridgehead atoms. The fourth-order valence-corrected chi connectivity index (χ4v) is 1.31. The van der Waals surface area contributed by atoms with Crippen molar-refractivity contribution in [2.75, 3.05) is 7.11 Å². The van der Waals surface area contributed by atoms with Crippen LogP contribution >= 0.6 is 0 Å². The van der Waals surface area contributed by atoms with Crippen LogP contribution in [0, 0.1) is 11.6 Å². The largest absolute Gasteiger partial charge is 0.465 e. The van der Waals surface area contributed by atoms with Crippen LogP contribution in [0.2, 0.25) is 0 Å². The molecule has 0 aliphatic heterocycles. The maximum Gasteiger partial charge on any atom is 0.345 e. The summed E-state index contributed by atoms with van der Waals surface area (Å²) in [4.78, 5) is 18.8. The van der Waals surface area contributed by atoms with Gasteiger partial charge < -0.3 is 9.47 Å². The zero-order chi connectivity index (χ0) is 13.8. The second kappa shape index (κ2) is 5.38. The molecule has 0 aliphatic rings. The predicted molar refractivity (Wildman–Crippen MR) is 59.8 cm³/mol. The van der Waals surface area contributed by atoms with E-state index >= 15 is 0 Å². The van der Waals surface area contributed by atoms with E-state index in [-0.39, 0.29) is 17.2 Å². The maximum absolute atomic E-state index is 13.4. The maximum atomic E-state index is 13.4. The highest BCUT2D eigenvalue weighted by atomic mass is 19.1. The van der Waals surface area contributed by atoms with Crippen LogP contribution in [0.3, 0.4) is 0 Å². The molecule has 0 unspecified atom stereocenters. The molecule has 0 saturated carbocycles. The number of carbonyl (C=O) groups is 1. The Hall–Kier alpha value is -2.57. The number of halogens is 2. The number of aromatic nitrogens is 2. The van der Waals surface area contributed by atoms with Crippen molar-refractivity contribution >= 4 is 5.97 Å². The Morgan fingerprint density at radius 1 is 1.32 bits per heavy atom. The quantitative estimate of drug-likeness (QED) is 0.798. The summed E-state index contributed by atoms with van der Waals surface area (Å²) in [6.45, 7) is 0. The van der Waals surface area contributed by atoms with E-state index in [2.05, 4.69) is 14.7 Å². The molecule has 1 aromatic carbocycles. The first-order valence-corrected chi connectivity index (χ1v) is 5.13. The fourth-order valence-electron chi connectivity index (χ4n) is 1.31. The minimum Gasteiger partial charge on any atom is -0.465 e. The van der Waals surface area contributed by atoms with Gasteiger partial charge in [0.1, 0.15) is 17.7 Å². The van der Waals surface area contributed by atoms with Crippen LogP contribution in [0.5, 0.6) is 11.6 Å². The third-order valence-corrected chi connectivity index (χ3v) is 2.18. The van der Waals surface area contributed by atoms with Crippen LogP contribution in [0.15, 0.2) is 30.7 Å². The first kappa shape index (κ1) is 12.9. The van der Waals surface area contributed by atoms with Gasteiger partial charge in [0.2, 0.25) is 5.88 Å². The van der Waals surface area contributed by atoms with Crippen LogP contribution in [-0.2, 0) is 4.74 Å². The van der Waals surface area contributed by atoms with Crippen LogP contribution < -0.4 is 4.74 Å². The van der Waals surface area contributed by atoms with Crippen molar-refractivity contribution in [1.29, 1.82) is 0 Å². The zero-order valence-electron chi connectivity index (χ0n) is 9.76. The SMILES string of the molecule is COC(=O)c1cncnc1Oc1ccc(F)cc1F. The number of esters is 1. The Kier molecular flexibility index (Phi) is 3.65. The molecule has 5 nitrogen and oxygen atoms in total. The normalized spacial score (nSPS) is 10.1. The summed E-state index contributed by atoms with van der Waals surface area (Å²) >= 11 is 0. The standard InChI is InChI=1S/C12H8F2N2O3/c1-18-12(17)8-5-15-6-16-11(8)19-10-3-2-7(13)4-9(10)14/h2-6H,1H3. The Morgan fingerprint density at radius 3 is 2.79 bits per heavy atom. The van der Waals surface area contributed by atoms with Crippen molar-refractivity contribution in [1.82, 2.24) is 9.97 Å². The number of methoxy groups -OCH3 is 1. The lowest BCUT2D eigenvalue weighted by atomic mass is 10.3. The Morgan fingerprint density at radius 2 is 2.11 bits per heavy atom. The van der Waals surface area contributed by atoms with Crippen molar-refractivity contribution in [3.05, 3.63) is 47.9 Å². The number of carbonyl (C=O) groups excluding carboxylic acids is 1. The van der Waals surface area contributed by atoms with E-state index in [4.69, 9.17) is 4.74 Å². The number of hydrogen-bond donors (Lipinski definition) is 0. The average molecular weight is 266 g/mol. The van der Waals surface area contributed by atoms with Gasteiger partial charge >= 0.3 is 5.97 Å². The average Bonchev–Trinajstić information content (AvgIpc) is 2.41. The Labute approximate surface area is 106 Å². The molecule has 0 N–H and O–H groups in total. The lowest BCUT2D eigenvalue weighted by Crippen LogP contribution is -2.06. The second-order valence-corrected chi connectivity index (χ2v) is 3.41. The molecule has 1 aromatic heterocycles. The molecule has 7 heteroatoms. The number of hydrogen-bond acceptors (Lipinski definition) is 5. The van der Waals surface area contributed by atoms with Crippen LogP contribution in [-0.4, -0.2) is 23.0 Å². The van der Waals surface area contributed by atoms with Gasteiger partial charge in [-0.1, -0.05) is 0 Å². The summed E-state index contributed by atoms with van der Waals surface area (Å²) in [6.07, 6.45) is 2.30. The van der Waals surface area contributed by atoms with E-state index in [0.717, 1.165) is 18.5 Å². The number of ether oxygens (including phenoxy) is 2. The van der Waals surface area contributed by atoms with Crippen LogP contribution in [0.1, 0.15) is 10.4 Å². The van der Waals surface area contributed by atoms with Crippen molar-refractivity contribution in [3.8, 4) is 11.6 Å². The molecule has 0 saturated heterocycles. The molecular formula is C12H8F2N2O3. The number of benzene rings is 1. The van der Waals surface area contributed by atoms with Gasteiger partial charge in [0.15, 0.2) is 11.6 Å². The van der Waals surface area contributed by atoms with E-state index in [9.17, 15) is 13.6 Å². The highest BCUT2D eigenvalue weighted by Crippen LogP contribution is 2.25. The van der Waals surface area contributed by atoms with E-state index < -0.39 is 17.6 Å².